The van der Waals surface area contributed by atoms with E-state index in [1.54, 1.807) is 12.1 Å². The molecule has 0 heterocycles. The maximum absolute atomic E-state index is 12.2. The molecule has 0 bridgehead atoms. The molecule has 0 saturated carbocycles. The van der Waals surface area contributed by atoms with Crippen LogP contribution in [0.5, 0.6) is 5.75 Å². The van der Waals surface area contributed by atoms with Gasteiger partial charge in [0.2, 0.25) is 0 Å². The van der Waals surface area contributed by atoms with Crippen LogP contribution in [0.3, 0.4) is 0 Å². The monoisotopic (exact) mass is 519 g/mol. The molecule has 1 atom stereocenters. The van der Waals surface area contributed by atoms with Crippen molar-refractivity contribution in [2.75, 3.05) is 19.6 Å². The van der Waals surface area contributed by atoms with E-state index in [2.05, 4.69) is 39.4 Å². The number of nitrogens with zero attached hydrogens (tertiary/aromatic N) is 1. The number of alkyl halides is 2. The Morgan fingerprint density at radius 2 is 1.79 bits per heavy atom. The van der Waals surface area contributed by atoms with Gasteiger partial charge < -0.3 is 20.5 Å². The summed E-state index contributed by atoms with van der Waals surface area (Å²) in [6.07, 6.45) is 0.0260. The lowest BCUT2D eigenvalue weighted by molar-refractivity contribution is -0.0498. The maximum Gasteiger partial charge on any atom is 0.387 e. The molecule has 2 aromatic rings. The van der Waals surface area contributed by atoms with Crippen LogP contribution in [0.4, 0.5) is 8.78 Å². The van der Waals surface area contributed by atoms with Gasteiger partial charge in [-0.05, 0) is 49.1 Å². The van der Waals surface area contributed by atoms with Gasteiger partial charge in [0.05, 0.1) is 12.6 Å². The van der Waals surface area contributed by atoms with Gasteiger partial charge in [0, 0.05) is 13.1 Å². The third kappa shape index (κ3) is 8.95. The van der Waals surface area contributed by atoms with E-state index in [1.807, 2.05) is 19.1 Å². The van der Waals surface area contributed by atoms with Crippen molar-refractivity contribution in [3.05, 3.63) is 65.2 Å². The van der Waals surface area contributed by atoms with Crippen LogP contribution in [-0.4, -0.2) is 37.3 Å². The third-order valence-electron chi connectivity index (χ3n) is 4.20. The van der Waals surface area contributed by atoms with Crippen molar-refractivity contribution in [2.24, 2.45) is 4.99 Å². The van der Waals surface area contributed by atoms with Crippen molar-refractivity contribution in [2.45, 2.75) is 33.0 Å². The first-order valence-electron chi connectivity index (χ1n) is 9.29. The number of hydrogen-bond donors (Lipinski definition) is 3. The van der Waals surface area contributed by atoms with Gasteiger partial charge in [0.15, 0.2) is 5.96 Å². The molecule has 0 spiro atoms. The number of benzene rings is 2. The van der Waals surface area contributed by atoms with Crippen molar-refractivity contribution < 1.29 is 18.6 Å². The Hall–Kier alpha value is -1.94. The number of aliphatic hydroxyl groups is 1. The van der Waals surface area contributed by atoms with Crippen LogP contribution in [0.1, 0.15) is 29.7 Å². The van der Waals surface area contributed by atoms with E-state index >= 15 is 0 Å². The van der Waals surface area contributed by atoms with Crippen LogP contribution in [0.2, 0.25) is 0 Å². The van der Waals surface area contributed by atoms with Crippen LogP contribution in [0, 0.1) is 6.92 Å². The number of hydrogen-bond acceptors (Lipinski definition) is 3. The predicted molar refractivity (Wildman–Crippen MR) is 122 cm³/mol. The van der Waals surface area contributed by atoms with Crippen molar-refractivity contribution >= 4 is 29.9 Å². The van der Waals surface area contributed by atoms with Crippen LogP contribution in [0.25, 0.3) is 0 Å². The second kappa shape index (κ2) is 13.3. The first-order valence-corrected chi connectivity index (χ1v) is 9.29. The molecule has 5 nitrogen and oxygen atoms in total. The second-order valence-corrected chi connectivity index (χ2v) is 6.29. The number of nitrogens with one attached hydrogen (secondary N) is 2. The minimum atomic E-state index is -2.87. The van der Waals surface area contributed by atoms with Gasteiger partial charge in [-0.25, -0.2) is 0 Å². The summed E-state index contributed by atoms with van der Waals surface area (Å²) in [6.45, 7) is 2.75. The Morgan fingerprint density at radius 3 is 2.41 bits per heavy atom. The largest absolute Gasteiger partial charge is 0.435 e. The number of aliphatic imine (C=N–C) groups is 1. The molecule has 0 saturated heterocycles. The number of aryl methyl sites for hydroxylation is 1. The number of guanidine groups is 1. The highest BCUT2D eigenvalue weighted by Gasteiger charge is 2.09. The van der Waals surface area contributed by atoms with E-state index in [4.69, 9.17) is 0 Å². The third-order valence-corrected chi connectivity index (χ3v) is 4.20. The van der Waals surface area contributed by atoms with Gasteiger partial charge in [-0.1, -0.05) is 36.4 Å². The van der Waals surface area contributed by atoms with E-state index < -0.39 is 12.7 Å². The van der Waals surface area contributed by atoms with Crippen LogP contribution in [-0.2, 0) is 6.42 Å². The molecule has 0 aromatic heterocycles. The molecule has 2 rings (SSSR count). The molecule has 8 heteroatoms. The van der Waals surface area contributed by atoms with Crippen LogP contribution >= 0.6 is 24.0 Å². The normalized spacial score (nSPS) is 12.3. The highest BCUT2D eigenvalue weighted by atomic mass is 127. The molecule has 0 amide bonds. The first-order chi connectivity index (χ1) is 13.5. The van der Waals surface area contributed by atoms with Gasteiger partial charge in [-0.2, -0.15) is 8.78 Å². The zero-order chi connectivity index (χ0) is 20.4. The molecular weight excluding hydrogens is 491 g/mol. The summed E-state index contributed by atoms with van der Waals surface area (Å²) in [5, 5.41) is 16.7. The minimum absolute atomic E-state index is 0. The molecule has 1 unspecified atom stereocenters. The molecule has 0 aliphatic heterocycles. The van der Waals surface area contributed by atoms with Crippen molar-refractivity contribution in [3.8, 4) is 5.75 Å². The molecule has 0 aliphatic rings. The summed E-state index contributed by atoms with van der Waals surface area (Å²) in [4.78, 5) is 4.41. The predicted octanol–water partition coefficient (Wildman–Crippen LogP) is 4.05. The summed E-state index contributed by atoms with van der Waals surface area (Å²) in [5.74, 6) is 0.674. The zero-order valence-corrected chi connectivity index (χ0v) is 18.9. The fourth-order valence-electron chi connectivity index (χ4n) is 2.70. The molecule has 0 aliphatic carbocycles. The number of halogens is 3. The quantitative estimate of drug-likeness (QED) is 0.266. The second-order valence-electron chi connectivity index (χ2n) is 6.29. The summed E-state index contributed by atoms with van der Waals surface area (Å²) in [5.41, 5.74) is 3.11. The van der Waals surface area contributed by atoms with Crippen LogP contribution < -0.4 is 15.4 Å². The highest BCUT2D eigenvalue weighted by molar-refractivity contribution is 14.0. The lowest BCUT2D eigenvalue weighted by atomic mass is 10.1. The van der Waals surface area contributed by atoms with Gasteiger partial charge in [0.1, 0.15) is 5.75 Å². The van der Waals surface area contributed by atoms with Gasteiger partial charge in [0.25, 0.3) is 0 Å². The smallest absolute Gasteiger partial charge is 0.387 e. The average molecular weight is 519 g/mol. The van der Waals surface area contributed by atoms with Crippen molar-refractivity contribution in [1.29, 1.82) is 0 Å². The Morgan fingerprint density at radius 1 is 1.10 bits per heavy atom. The molecule has 0 fully saturated rings. The summed E-state index contributed by atoms with van der Waals surface area (Å²) in [6, 6.07) is 14.1. The number of ether oxygens (including phenoxy) is 1. The minimum Gasteiger partial charge on any atom is -0.435 e. The first kappa shape index (κ1) is 25.1. The summed E-state index contributed by atoms with van der Waals surface area (Å²) in [7, 11) is 0. The van der Waals surface area contributed by atoms with Gasteiger partial charge >= 0.3 is 6.61 Å². The Balaban J connectivity index is 0.00000420. The molecule has 29 heavy (non-hydrogen) atoms. The Bertz CT molecular complexity index is 758. The summed E-state index contributed by atoms with van der Waals surface area (Å²) < 4.78 is 28.7. The number of rotatable bonds is 9. The average Bonchev–Trinajstić information content (AvgIpc) is 2.67. The Kier molecular flexibility index (Phi) is 11.5. The molecule has 0 radical (unpaired) electrons. The van der Waals surface area contributed by atoms with E-state index in [0.29, 0.717) is 24.6 Å². The van der Waals surface area contributed by atoms with E-state index in [9.17, 15) is 13.9 Å². The van der Waals surface area contributed by atoms with Crippen molar-refractivity contribution in [1.82, 2.24) is 10.6 Å². The topological polar surface area (TPSA) is 65.9 Å². The van der Waals surface area contributed by atoms with Crippen LogP contribution in [0.15, 0.2) is 53.5 Å². The van der Waals surface area contributed by atoms with Gasteiger partial charge in [-0.15, -0.1) is 24.0 Å². The molecular formula is C21H28F2IN3O2. The number of aliphatic hydroxyl groups excluding tert-OH is 1. The zero-order valence-electron chi connectivity index (χ0n) is 16.6. The standard InChI is InChI=1S/C21H27F2N3O2.HI/c1-3-24-21(25-13-12-16-7-5-4-6-15(16)2)26-14-19(27)17-8-10-18(11-9-17)28-20(22)23;/h4-11,19-20,27H,3,12-14H2,1-2H3,(H2,24,25,26);1H. The molecule has 160 valence electrons. The Labute approximate surface area is 187 Å². The lowest BCUT2D eigenvalue weighted by Crippen LogP contribution is -2.38. The van der Waals surface area contributed by atoms with Crippen molar-refractivity contribution in [3.63, 3.8) is 0 Å². The maximum atomic E-state index is 12.2. The molecule has 3 N–H and O–H groups in total. The fraction of sp³-hybridized carbons (Fsp3) is 0.381. The molecule has 2 aromatic carbocycles. The highest BCUT2D eigenvalue weighted by Crippen LogP contribution is 2.19. The van der Waals surface area contributed by atoms with E-state index in [1.165, 1.54) is 23.3 Å². The summed E-state index contributed by atoms with van der Waals surface area (Å²) >= 11 is 0. The lowest BCUT2D eigenvalue weighted by Gasteiger charge is -2.14. The fourth-order valence-corrected chi connectivity index (χ4v) is 2.70. The van der Waals surface area contributed by atoms with E-state index in [-0.39, 0.29) is 36.3 Å². The van der Waals surface area contributed by atoms with Gasteiger partial charge in [-0.3, -0.25) is 4.99 Å². The SMILES string of the molecule is CCNC(=NCC(O)c1ccc(OC(F)F)cc1)NCCc1ccccc1C.I. The van der Waals surface area contributed by atoms with E-state index in [0.717, 1.165) is 6.42 Å².